The molecule has 1 saturated heterocycles. The molecule has 1 aromatic rings. The molecule has 0 unspecified atom stereocenters. The SMILES string of the molecule is CC(C)Cc1cccc(OCC2CCNCC2)n1. The largest absolute Gasteiger partial charge is 0.477 e. The Labute approximate surface area is 110 Å². The molecule has 2 rings (SSSR count). The predicted octanol–water partition coefficient (Wildman–Crippen LogP) is 2.66. The van der Waals surface area contributed by atoms with Crippen molar-refractivity contribution in [1.82, 2.24) is 10.3 Å². The fourth-order valence-electron chi connectivity index (χ4n) is 2.32. The van der Waals surface area contributed by atoms with E-state index < -0.39 is 0 Å². The maximum absolute atomic E-state index is 5.83. The van der Waals surface area contributed by atoms with Crippen molar-refractivity contribution in [3.8, 4) is 5.88 Å². The molecule has 0 amide bonds. The topological polar surface area (TPSA) is 34.1 Å². The molecule has 0 spiro atoms. The van der Waals surface area contributed by atoms with E-state index in [1.165, 1.54) is 12.8 Å². The molecule has 3 heteroatoms. The lowest BCUT2D eigenvalue weighted by atomic mass is 9.99. The van der Waals surface area contributed by atoms with Crippen LogP contribution in [0.1, 0.15) is 32.4 Å². The van der Waals surface area contributed by atoms with E-state index in [9.17, 15) is 0 Å². The van der Waals surface area contributed by atoms with Crippen molar-refractivity contribution in [2.45, 2.75) is 33.1 Å². The number of pyridine rings is 1. The Morgan fingerprint density at radius 1 is 1.33 bits per heavy atom. The number of hydrogen-bond acceptors (Lipinski definition) is 3. The molecule has 1 aliphatic heterocycles. The number of rotatable bonds is 5. The molecular weight excluding hydrogens is 224 g/mol. The van der Waals surface area contributed by atoms with Gasteiger partial charge in [-0.25, -0.2) is 4.98 Å². The molecule has 1 fully saturated rings. The number of nitrogens with one attached hydrogen (secondary N) is 1. The highest BCUT2D eigenvalue weighted by atomic mass is 16.5. The first-order valence-electron chi connectivity index (χ1n) is 7.03. The molecule has 0 bridgehead atoms. The monoisotopic (exact) mass is 248 g/mol. The summed E-state index contributed by atoms with van der Waals surface area (Å²) in [6, 6.07) is 6.09. The summed E-state index contributed by atoms with van der Waals surface area (Å²) < 4.78 is 5.83. The standard InChI is InChI=1S/C15H24N2O/c1-12(2)10-14-4-3-5-15(17-14)18-11-13-6-8-16-9-7-13/h3-5,12-13,16H,6-11H2,1-2H3. The van der Waals surface area contributed by atoms with E-state index in [0.29, 0.717) is 11.8 Å². The van der Waals surface area contributed by atoms with Crippen LogP contribution in [0.15, 0.2) is 18.2 Å². The van der Waals surface area contributed by atoms with Gasteiger partial charge in [0.05, 0.1) is 6.61 Å². The smallest absolute Gasteiger partial charge is 0.213 e. The van der Waals surface area contributed by atoms with Gasteiger partial charge in [0.1, 0.15) is 0 Å². The first-order valence-corrected chi connectivity index (χ1v) is 7.03. The predicted molar refractivity (Wildman–Crippen MR) is 73.9 cm³/mol. The van der Waals surface area contributed by atoms with E-state index in [1.54, 1.807) is 0 Å². The fourth-order valence-corrected chi connectivity index (χ4v) is 2.32. The molecule has 1 aliphatic rings. The average molecular weight is 248 g/mol. The van der Waals surface area contributed by atoms with Gasteiger partial charge in [-0.15, -0.1) is 0 Å². The minimum absolute atomic E-state index is 0.636. The molecule has 2 heterocycles. The van der Waals surface area contributed by atoms with Gasteiger partial charge in [0.25, 0.3) is 0 Å². The second kappa shape index (κ2) is 6.74. The van der Waals surface area contributed by atoms with Gasteiger partial charge in [0, 0.05) is 11.8 Å². The van der Waals surface area contributed by atoms with E-state index >= 15 is 0 Å². The summed E-state index contributed by atoms with van der Waals surface area (Å²) in [7, 11) is 0. The van der Waals surface area contributed by atoms with Crippen LogP contribution in [0.2, 0.25) is 0 Å². The molecule has 0 aromatic carbocycles. The zero-order chi connectivity index (χ0) is 12.8. The van der Waals surface area contributed by atoms with Crippen molar-refractivity contribution in [1.29, 1.82) is 0 Å². The van der Waals surface area contributed by atoms with Crippen LogP contribution in [-0.4, -0.2) is 24.7 Å². The molecule has 0 saturated carbocycles. The van der Waals surface area contributed by atoms with E-state index in [4.69, 9.17) is 4.74 Å². The zero-order valence-electron chi connectivity index (χ0n) is 11.5. The first kappa shape index (κ1) is 13.3. The highest BCUT2D eigenvalue weighted by molar-refractivity contribution is 5.16. The average Bonchev–Trinajstić information content (AvgIpc) is 2.37. The fraction of sp³-hybridized carbons (Fsp3) is 0.667. The molecule has 100 valence electrons. The van der Waals surface area contributed by atoms with Crippen LogP contribution < -0.4 is 10.1 Å². The molecular formula is C15H24N2O. The van der Waals surface area contributed by atoms with Gasteiger partial charge in [0.15, 0.2) is 0 Å². The summed E-state index contributed by atoms with van der Waals surface area (Å²) in [6.07, 6.45) is 3.45. The summed E-state index contributed by atoms with van der Waals surface area (Å²) >= 11 is 0. The van der Waals surface area contributed by atoms with Gasteiger partial charge in [-0.2, -0.15) is 0 Å². The zero-order valence-corrected chi connectivity index (χ0v) is 11.5. The maximum atomic E-state index is 5.83. The van der Waals surface area contributed by atoms with Gasteiger partial charge in [0.2, 0.25) is 5.88 Å². The van der Waals surface area contributed by atoms with Crippen molar-refractivity contribution in [2.75, 3.05) is 19.7 Å². The lowest BCUT2D eigenvalue weighted by Gasteiger charge is -2.22. The molecule has 3 nitrogen and oxygen atoms in total. The lowest BCUT2D eigenvalue weighted by Crippen LogP contribution is -2.30. The van der Waals surface area contributed by atoms with Gasteiger partial charge in [-0.3, -0.25) is 0 Å². The second-order valence-corrected chi connectivity index (χ2v) is 5.57. The molecule has 1 N–H and O–H groups in total. The van der Waals surface area contributed by atoms with Gasteiger partial charge >= 0.3 is 0 Å². The number of hydrogen-bond donors (Lipinski definition) is 1. The van der Waals surface area contributed by atoms with E-state index in [1.807, 2.05) is 12.1 Å². The summed E-state index contributed by atoms with van der Waals surface area (Å²) in [5.74, 6) is 2.10. The number of ether oxygens (including phenoxy) is 1. The van der Waals surface area contributed by atoms with Gasteiger partial charge < -0.3 is 10.1 Å². The number of aromatic nitrogens is 1. The van der Waals surface area contributed by atoms with Crippen LogP contribution in [0.5, 0.6) is 5.88 Å². The summed E-state index contributed by atoms with van der Waals surface area (Å²) in [4.78, 5) is 4.56. The Bertz CT molecular complexity index is 359. The Hall–Kier alpha value is -1.09. The van der Waals surface area contributed by atoms with Crippen LogP contribution in [0.3, 0.4) is 0 Å². The summed E-state index contributed by atoms with van der Waals surface area (Å²) in [6.45, 7) is 7.47. The van der Waals surface area contributed by atoms with E-state index in [-0.39, 0.29) is 0 Å². The molecule has 0 atom stereocenters. The Morgan fingerprint density at radius 3 is 2.83 bits per heavy atom. The van der Waals surface area contributed by atoms with E-state index in [0.717, 1.165) is 37.7 Å². The third-order valence-electron chi connectivity index (χ3n) is 3.32. The summed E-state index contributed by atoms with van der Waals surface area (Å²) in [5.41, 5.74) is 1.13. The van der Waals surface area contributed by atoms with Crippen LogP contribution >= 0.6 is 0 Å². The van der Waals surface area contributed by atoms with Crippen LogP contribution in [0, 0.1) is 11.8 Å². The van der Waals surface area contributed by atoms with Gasteiger partial charge in [-0.05, 0) is 50.3 Å². The lowest BCUT2D eigenvalue weighted by molar-refractivity contribution is 0.208. The normalized spacial score (nSPS) is 17.1. The highest BCUT2D eigenvalue weighted by Gasteiger charge is 2.13. The molecule has 0 radical (unpaired) electrons. The second-order valence-electron chi connectivity index (χ2n) is 5.57. The molecule has 0 aliphatic carbocycles. The van der Waals surface area contributed by atoms with Crippen molar-refractivity contribution in [2.24, 2.45) is 11.8 Å². The number of piperidine rings is 1. The van der Waals surface area contributed by atoms with Crippen molar-refractivity contribution in [3.05, 3.63) is 23.9 Å². The first-order chi connectivity index (χ1) is 8.74. The highest BCUT2D eigenvalue weighted by Crippen LogP contribution is 2.15. The number of nitrogens with zero attached hydrogens (tertiary/aromatic N) is 1. The minimum atomic E-state index is 0.636. The van der Waals surface area contributed by atoms with Crippen LogP contribution in [0.25, 0.3) is 0 Å². The summed E-state index contributed by atoms with van der Waals surface area (Å²) in [5, 5.41) is 3.37. The van der Waals surface area contributed by atoms with Crippen molar-refractivity contribution < 1.29 is 4.74 Å². The van der Waals surface area contributed by atoms with Crippen LogP contribution in [0.4, 0.5) is 0 Å². The molecule has 18 heavy (non-hydrogen) atoms. The third-order valence-corrected chi connectivity index (χ3v) is 3.32. The van der Waals surface area contributed by atoms with E-state index in [2.05, 4.69) is 30.2 Å². The Kier molecular flexibility index (Phi) is 5.00. The quantitative estimate of drug-likeness (QED) is 0.870. The third kappa shape index (κ3) is 4.30. The van der Waals surface area contributed by atoms with Crippen LogP contribution in [-0.2, 0) is 6.42 Å². The van der Waals surface area contributed by atoms with Gasteiger partial charge in [-0.1, -0.05) is 19.9 Å². The van der Waals surface area contributed by atoms with Crippen molar-refractivity contribution in [3.63, 3.8) is 0 Å². The van der Waals surface area contributed by atoms with Crippen molar-refractivity contribution >= 4 is 0 Å². The minimum Gasteiger partial charge on any atom is -0.477 e. The Morgan fingerprint density at radius 2 is 2.11 bits per heavy atom. The molecule has 1 aromatic heterocycles. The maximum Gasteiger partial charge on any atom is 0.213 e. The Balaban J connectivity index is 1.84.